The van der Waals surface area contributed by atoms with E-state index in [9.17, 15) is 4.79 Å². The molecule has 2 fully saturated rings. The maximum absolute atomic E-state index is 11.0. The third-order valence-electron chi connectivity index (χ3n) is 2.74. The predicted octanol–water partition coefficient (Wildman–Crippen LogP) is 1.62. The molecule has 2 rings (SSSR count). The molecule has 0 bridgehead atoms. The first-order valence-electron chi connectivity index (χ1n) is 3.80. The van der Waals surface area contributed by atoms with E-state index in [0.29, 0.717) is 11.7 Å². The molecule has 9 heavy (non-hydrogen) atoms. The van der Waals surface area contributed by atoms with Crippen molar-refractivity contribution in [3.05, 3.63) is 0 Å². The first-order chi connectivity index (χ1) is 4.27. The number of hydrogen-bond donors (Lipinski definition) is 0. The van der Waals surface area contributed by atoms with Gasteiger partial charge in [0.25, 0.3) is 0 Å². The Morgan fingerprint density at radius 3 is 2.78 bits per heavy atom. The molecule has 0 amide bonds. The largest absolute Gasteiger partial charge is 0.299 e. The number of Topliss-reactive ketones (excluding diaryl/α,β-unsaturated/α-hetero) is 1. The molecule has 0 unspecified atom stereocenters. The number of carbonyl (C=O) groups is 1. The summed E-state index contributed by atoms with van der Waals surface area (Å²) < 4.78 is 0. The van der Waals surface area contributed by atoms with Crippen molar-refractivity contribution in [3.8, 4) is 0 Å². The monoisotopic (exact) mass is 124 g/mol. The Bertz CT molecular complexity index is 151. The lowest BCUT2D eigenvalue weighted by Gasteiger charge is -2.14. The molecule has 0 aliphatic heterocycles. The average Bonchev–Trinajstić information content (AvgIpc) is 2.46. The summed E-state index contributed by atoms with van der Waals surface area (Å²) in [4.78, 5) is 11.0. The third-order valence-corrected chi connectivity index (χ3v) is 2.74. The van der Waals surface area contributed by atoms with Crippen LogP contribution in [0.4, 0.5) is 0 Å². The highest BCUT2D eigenvalue weighted by Crippen LogP contribution is 2.49. The lowest BCUT2D eigenvalue weighted by Crippen LogP contribution is -2.17. The van der Waals surface area contributed by atoms with Crippen LogP contribution in [-0.4, -0.2) is 5.78 Å². The molecule has 50 valence electrons. The molecular formula is C8H12O. The Hall–Kier alpha value is -0.330. The maximum atomic E-state index is 11.0. The summed E-state index contributed by atoms with van der Waals surface area (Å²) in [7, 11) is 0. The van der Waals surface area contributed by atoms with Gasteiger partial charge in [0.05, 0.1) is 0 Å². The second-order valence-electron chi connectivity index (χ2n) is 3.56. The summed E-state index contributed by atoms with van der Waals surface area (Å²) >= 11 is 0. The topological polar surface area (TPSA) is 17.1 Å². The summed E-state index contributed by atoms with van der Waals surface area (Å²) in [5.74, 6) is 2.65. The van der Waals surface area contributed by atoms with Crippen molar-refractivity contribution in [3.63, 3.8) is 0 Å². The number of hydrogen-bond acceptors (Lipinski definition) is 1. The van der Waals surface area contributed by atoms with Gasteiger partial charge in [0.15, 0.2) is 0 Å². The molecule has 2 saturated carbocycles. The lowest BCUT2D eigenvalue weighted by atomic mass is 9.90. The van der Waals surface area contributed by atoms with E-state index >= 15 is 0 Å². The second kappa shape index (κ2) is 1.59. The van der Waals surface area contributed by atoms with Crippen molar-refractivity contribution in [2.45, 2.75) is 26.2 Å². The molecule has 0 spiro atoms. The van der Waals surface area contributed by atoms with Gasteiger partial charge in [-0.15, -0.1) is 0 Å². The van der Waals surface area contributed by atoms with Crippen LogP contribution >= 0.6 is 0 Å². The highest BCUT2D eigenvalue weighted by molar-refractivity contribution is 5.82. The number of carbonyl (C=O) groups excluding carboxylic acids is 1. The highest BCUT2D eigenvalue weighted by atomic mass is 16.1. The zero-order chi connectivity index (χ0) is 6.43. The zero-order valence-corrected chi connectivity index (χ0v) is 5.76. The Morgan fingerprint density at radius 2 is 2.11 bits per heavy atom. The molecule has 0 radical (unpaired) electrons. The summed E-state index contributed by atoms with van der Waals surface area (Å²) in [5, 5.41) is 0. The van der Waals surface area contributed by atoms with Gasteiger partial charge in [-0.25, -0.2) is 0 Å². The van der Waals surface area contributed by atoms with Crippen LogP contribution in [0, 0.1) is 17.8 Å². The Morgan fingerprint density at radius 1 is 1.33 bits per heavy atom. The van der Waals surface area contributed by atoms with Gasteiger partial charge in [-0.2, -0.15) is 0 Å². The fraction of sp³-hybridized carbons (Fsp3) is 0.875. The Labute approximate surface area is 55.4 Å². The number of rotatable bonds is 0. The quantitative estimate of drug-likeness (QED) is 0.479. The molecule has 0 aromatic rings. The van der Waals surface area contributed by atoms with Gasteiger partial charge in [-0.1, -0.05) is 6.92 Å². The fourth-order valence-electron chi connectivity index (χ4n) is 1.89. The summed E-state index contributed by atoms with van der Waals surface area (Å²) in [6, 6.07) is 0. The maximum Gasteiger partial charge on any atom is 0.135 e. The van der Waals surface area contributed by atoms with E-state index in [1.807, 2.05) is 0 Å². The molecule has 0 N–H and O–H groups in total. The normalized spacial score (nSPS) is 48.6. The number of ketones is 1. The summed E-state index contributed by atoms with van der Waals surface area (Å²) in [6.45, 7) is 2.07. The minimum Gasteiger partial charge on any atom is -0.299 e. The molecule has 2 aliphatic carbocycles. The minimum absolute atomic E-state index is 0.383. The molecule has 0 heterocycles. The molecule has 1 nitrogen and oxygen atoms in total. The summed E-state index contributed by atoms with van der Waals surface area (Å²) in [5.41, 5.74) is 0. The molecule has 1 heteroatoms. The van der Waals surface area contributed by atoms with Crippen molar-refractivity contribution in [2.24, 2.45) is 17.8 Å². The van der Waals surface area contributed by atoms with Gasteiger partial charge in [-0.05, 0) is 24.7 Å². The van der Waals surface area contributed by atoms with Crippen LogP contribution < -0.4 is 0 Å². The second-order valence-corrected chi connectivity index (χ2v) is 3.56. The van der Waals surface area contributed by atoms with Crippen molar-refractivity contribution in [2.75, 3.05) is 0 Å². The van der Waals surface area contributed by atoms with E-state index in [2.05, 4.69) is 6.92 Å². The van der Waals surface area contributed by atoms with Crippen LogP contribution in [0.2, 0.25) is 0 Å². The van der Waals surface area contributed by atoms with Crippen LogP contribution in [0.1, 0.15) is 26.2 Å². The van der Waals surface area contributed by atoms with Crippen LogP contribution in [0.5, 0.6) is 0 Å². The SMILES string of the molecule is C[C@@H]1C[C@H]2C[C@H]2CC1=O. The van der Waals surface area contributed by atoms with Gasteiger partial charge < -0.3 is 0 Å². The predicted molar refractivity (Wildman–Crippen MR) is 35.0 cm³/mol. The highest BCUT2D eigenvalue weighted by Gasteiger charge is 2.44. The molecule has 0 saturated heterocycles. The van der Waals surface area contributed by atoms with E-state index in [-0.39, 0.29) is 0 Å². The first-order valence-corrected chi connectivity index (χ1v) is 3.80. The standard InChI is InChI=1S/C8H12O/c1-5-2-6-3-7(6)4-8(5)9/h5-7H,2-4H2,1H3/t5-,6+,7+/m1/s1. The summed E-state index contributed by atoms with van der Waals surface area (Å²) in [6.07, 6.45) is 3.42. The van der Waals surface area contributed by atoms with Gasteiger partial charge >= 0.3 is 0 Å². The Kier molecular flexibility index (Phi) is 0.961. The van der Waals surface area contributed by atoms with Gasteiger partial charge in [0.2, 0.25) is 0 Å². The Balaban J connectivity index is 2.06. The van der Waals surface area contributed by atoms with Crippen LogP contribution in [-0.2, 0) is 4.79 Å². The van der Waals surface area contributed by atoms with Crippen LogP contribution in [0.15, 0.2) is 0 Å². The van der Waals surface area contributed by atoms with E-state index in [1.165, 1.54) is 12.8 Å². The molecule has 2 aliphatic rings. The van der Waals surface area contributed by atoms with Crippen LogP contribution in [0.3, 0.4) is 0 Å². The third kappa shape index (κ3) is 0.790. The van der Waals surface area contributed by atoms with Crippen molar-refractivity contribution in [1.29, 1.82) is 0 Å². The molecule has 3 atom stereocenters. The number of fused-ring (bicyclic) bond motifs is 1. The van der Waals surface area contributed by atoms with Crippen LogP contribution in [0.25, 0.3) is 0 Å². The van der Waals surface area contributed by atoms with Gasteiger partial charge in [0, 0.05) is 12.3 Å². The average molecular weight is 124 g/mol. The van der Waals surface area contributed by atoms with E-state index < -0.39 is 0 Å². The van der Waals surface area contributed by atoms with Crippen molar-refractivity contribution < 1.29 is 4.79 Å². The molecule has 0 aromatic carbocycles. The van der Waals surface area contributed by atoms with Crippen molar-refractivity contribution >= 4 is 5.78 Å². The first kappa shape index (κ1) is 5.45. The lowest BCUT2D eigenvalue weighted by molar-refractivity contribution is -0.124. The molecule has 0 aromatic heterocycles. The van der Waals surface area contributed by atoms with Gasteiger partial charge in [-0.3, -0.25) is 4.79 Å². The zero-order valence-electron chi connectivity index (χ0n) is 5.76. The molecular weight excluding hydrogens is 112 g/mol. The van der Waals surface area contributed by atoms with E-state index in [1.54, 1.807) is 0 Å². The minimum atomic E-state index is 0.383. The van der Waals surface area contributed by atoms with Gasteiger partial charge in [0.1, 0.15) is 5.78 Å². The van der Waals surface area contributed by atoms with Crippen molar-refractivity contribution in [1.82, 2.24) is 0 Å². The smallest absolute Gasteiger partial charge is 0.135 e. The van der Waals surface area contributed by atoms with E-state index in [0.717, 1.165) is 18.3 Å². The van der Waals surface area contributed by atoms with E-state index in [4.69, 9.17) is 0 Å². The fourth-order valence-corrected chi connectivity index (χ4v) is 1.89.